The molecule has 1 unspecified atom stereocenters. The molecule has 0 spiro atoms. The molecule has 0 aliphatic carbocycles. The fourth-order valence-corrected chi connectivity index (χ4v) is 3.59. The van der Waals surface area contributed by atoms with Crippen molar-refractivity contribution in [1.29, 1.82) is 0 Å². The van der Waals surface area contributed by atoms with E-state index in [2.05, 4.69) is 15.6 Å². The van der Waals surface area contributed by atoms with Crippen molar-refractivity contribution in [2.24, 2.45) is 0 Å². The van der Waals surface area contributed by atoms with Crippen molar-refractivity contribution in [2.45, 2.75) is 31.1 Å². The lowest BCUT2D eigenvalue weighted by atomic mass is 9.98. The van der Waals surface area contributed by atoms with E-state index in [4.69, 9.17) is 11.6 Å². The number of rotatable bonds is 8. The fourth-order valence-electron chi connectivity index (χ4n) is 3.42. The molecule has 0 bridgehead atoms. The van der Waals surface area contributed by atoms with Gasteiger partial charge in [-0.25, -0.2) is 4.98 Å². The third kappa shape index (κ3) is 6.31. The first-order chi connectivity index (χ1) is 15.3. The lowest BCUT2D eigenvalue weighted by molar-refractivity contribution is -0.137. The van der Waals surface area contributed by atoms with E-state index >= 15 is 0 Å². The molecule has 1 heterocycles. The molecule has 2 aromatic carbocycles. The van der Waals surface area contributed by atoms with Gasteiger partial charge in [0.05, 0.1) is 17.3 Å². The highest BCUT2D eigenvalue weighted by Gasteiger charge is 2.30. The molecule has 0 radical (unpaired) electrons. The molecule has 2 N–H and O–H groups in total. The Morgan fingerprint density at radius 2 is 1.69 bits per heavy atom. The van der Waals surface area contributed by atoms with Gasteiger partial charge in [0, 0.05) is 7.05 Å². The predicted octanol–water partition coefficient (Wildman–Crippen LogP) is 5.50. The van der Waals surface area contributed by atoms with E-state index < -0.39 is 17.8 Å². The number of benzene rings is 2. The second-order valence-corrected chi connectivity index (χ2v) is 7.68. The summed E-state index contributed by atoms with van der Waals surface area (Å²) in [7, 11) is 1.56. The van der Waals surface area contributed by atoms with Crippen LogP contribution in [0.25, 0.3) is 0 Å². The zero-order chi connectivity index (χ0) is 23.1. The molecule has 0 aliphatic heterocycles. The fraction of sp³-hybridized carbons (Fsp3) is 0.250. The number of likely N-dealkylation sites (N-methyl/N-ethyl adjacent to an activating group) is 1. The molecule has 2 atom stereocenters. The van der Waals surface area contributed by atoms with Gasteiger partial charge < -0.3 is 5.32 Å². The van der Waals surface area contributed by atoms with Crippen molar-refractivity contribution in [2.75, 3.05) is 7.05 Å². The van der Waals surface area contributed by atoms with Crippen molar-refractivity contribution in [1.82, 2.24) is 15.6 Å². The standard InChI is InChI=1S/C24H23ClF3N3O/c1-29-23(32)22(17-6-3-2-4-7-17)31-20(19-8-5-9-21(25)30-19)15-12-16-10-13-18(14-11-16)24(26,27)28/h2-11,13-14,20,22,31H,12,15H2,1H3,(H,29,32)/t20-,22?/m0/s1. The SMILES string of the molecule is CNC(=O)C(N[C@@H](CCc1ccc(C(F)(F)F)cc1)c1cccc(Cl)n1)c1ccccc1. The minimum atomic E-state index is -4.37. The Bertz CT molecular complexity index is 1030. The molecule has 32 heavy (non-hydrogen) atoms. The summed E-state index contributed by atoms with van der Waals surface area (Å²) in [5, 5.41) is 6.35. The highest BCUT2D eigenvalue weighted by molar-refractivity contribution is 6.29. The van der Waals surface area contributed by atoms with E-state index in [1.165, 1.54) is 12.1 Å². The molecular weight excluding hydrogens is 439 g/mol. The summed E-state index contributed by atoms with van der Waals surface area (Å²) in [5.41, 5.74) is 1.50. The quantitative estimate of drug-likeness (QED) is 0.435. The van der Waals surface area contributed by atoms with Crippen LogP contribution in [0.4, 0.5) is 13.2 Å². The van der Waals surface area contributed by atoms with Crippen molar-refractivity contribution in [3.63, 3.8) is 0 Å². The van der Waals surface area contributed by atoms with E-state index in [1.807, 2.05) is 36.4 Å². The number of aryl methyl sites for hydroxylation is 1. The van der Waals surface area contributed by atoms with Crippen LogP contribution < -0.4 is 10.6 Å². The van der Waals surface area contributed by atoms with Crippen LogP contribution in [0.5, 0.6) is 0 Å². The van der Waals surface area contributed by atoms with E-state index in [-0.39, 0.29) is 11.9 Å². The Labute approximate surface area is 189 Å². The van der Waals surface area contributed by atoms with E-state index in [0.29, 0.717) is 23.7 Å². The zero-order valence-electron chi connectivity index (χ0n) is 17.4. The lowest BCUT2D eigenvalue weighted by Crippen LogP contribution is -2.38. The predicted molar refractivity (Wildman–Crippen MR) is 118 cm³/mol. The van der Waals surface area contributed by atoms with Gasteiger partial charge in [0.25, 0.3) is 0 Å². The maximum absolute atomic E-state index is 12.8. The Morgan fingerprint density at radius 3 is 2.28 bits per heavy atom. The van der Waals surface area contributed by atoms with Crippen LogP contribution in [-0.4, -0.2) is 17.9 Å². The molecule has 3 rings (SSSR count). The van der Waals surface area contributed by atoms with Gasteiger partial charge >= 0.3 is 6.18 Å². The van der Waals surface area contributed by atoms with Gasteiger partial charge in [0.2, 0.25) is 5.91 Å². The summed E-state index contributed by atoms with van der Waals surface area (Å²) >= 11 is 6.08. The molecule has 168 valence electrons. The Morgan fingerprint density at radius 1 is 1.00 bits per heavy atom. The summed E-state index contributed by atoms with van der Waals surface area (Å²) in [6, 6.07) is 18.6. The molecule has 1 amide bonds. The number of hydrogen-bond acceptors (Lipinski definition) is 3. The van der Waals surface area contributed by atoms with Gasteiger partial charge in [0.1, 0.15) is 11.2 Å². The van der Waals surface area contributed by atoms with Crippen LogP contribution in [0.3, 0.4) is 0 Å². The van der Waals surface area contributed by atoms with Crippen molar-refractivity contribution in [3.05, 3.63) is 100 Å². The molecule has 4 nitrogen and oxygen atoms in total. The van der Waals surface area contributed by atoms with Gasteiger partial charge in [-0.05, 0) is 48.2 Å². The summed E-state index contributed by atoms with van der Waals surface area (Å²) in [4.78, 5) is 17.0. The average molecular weight is 462 g/mol. The van der Waals surface area contributed by atoms with Gasteiger partial charge in [-0.15, -0.1) is 0 Å². The number of aromatic nitrogens is 1. The normalized spacial score (nSPS) is 13.4. The van der Waals surface area contributed by atoms with Crippen LogP contribution >= 0.6 is 11.6 Å². The second-order valence-electron chi connectivity index (χ2n) is 7.30. The molecule has 8 heteroatoms. The third-order valence-corrected chi connectivity index (χ3v) is 5.32. The topological polar surface area (TPSA) is 54.0 Å². The molecule has 0 aliphatic rings. The minimum absolute atomic E-state index is 0.210. The van der Waals surface area contributed by atoms with Crippen LogP contribution in [-0.2, 0) is 17.4 Å². The van der Waals surface area contributed by atoms with Gasteiger partial charge in [-0.1, -0.05) is 60.1 Å². The summed E-state index contributed by atoms with van der Waals surface area (Å²) < 4.78 is 38.5. The Hall–Kier alpha value is -2.90. The molecule has 1 aromatic heterocycles. The molecular formula is C24H23ClF3N3O. The van der Waals surface area contributed by atoms with Crippen LogP contribution in [0.2, 0.25) is 5.15 Å². The number of nitrogens with zero attached hydrogens (tertiary/aromatic N) is 1. The first-order valence-electron chi connectivity index (χ1n) is 10.1. The van der Waals surface area contributed by atoms with Gasteiger partial charge in [0.15, 0.2) is 0 Å². The van der Waals surface area contributed by atoms with Crippen molar-refractivity contribution < 1.29 is 18.0 Å². The summed E-state index contributed by atoms with van der Waals surface area (Å²) in [6.07, 6.45) is -3.39. The maximum atomic E-state index is 12.8. The number of carbonyl (C=O) groups is 1. The largest absolute Gasteiger partial charge is 0.416 e. The number of halogens is 4. The number of amides is 1. The Balaban J connectivity index is 1.84. The number of hydrogen-bond donors (Lipinski definition) is 2. The number of pyridine rings is 1. The van der Waals surface area contributed by atoms with Crippen LogP contribution in [0.15, 0.2) is 72.8 Å². The Kier molecular flexibility index (Phi) is 7.88. The lowest BCUT2D eigenvalue weighted by Gasteiger charge is -2.25. The highest BCUT2D eigenvalue weighted by atomic mass is 35.5. The van der Waals surface area contributed by atoms with Crippen LogP contribution in [0.1, 0.15) is 40.9 Å². The van der Waals surface area contributed by atoms with Crippen molar-refractivity contribution >= 4 is 17.5 Å². The van der Waals surface area contributed by atoms with Crippen molar-refractivity contribution in [3.8, 4) is 0 Å². The smallest absolute Gasteiger partial charge is 0.358 e. The summed E-state index contributed by atoms with van der Waals surface area (Å²) in [5.74, 6) is -0.210. The van der Waals surface area contributed by atoms with Gasteiger partial charge in [-0.2, -0.15) is 13.2 Å². The number of alkyl halides is 3. The molecule has 0 fully saturated rings. The van der Waals surface area contributed by atoms with Gasteiger partial charge in [-0.3, -0.25) is 10.1 Å². The van der Waals surface area contributed by atoms with E-state index in [0.717, 1.165) is 23.3 Å². The maximum Gasteiger partial charge on any atom is 0.416 e. The number of carbonyl (C=O) groups excluding carboxylic acids is 1. The number of nitrogens with one attached hydrogen (secondary N) is 2. The average Bonchev–Trinajstić information content (AvgIpc) is 2.79. The van der Waals surface area contributed by atoms with Crippen LogP contribution in [0, 0.1) is 0 Å². The minimum Gasteiger partial charge on any atom is -0.358 e. The van der Waals surface area contributed by atoms with E-state index in [9.17, 15) is 18.0 Å². The molecule has 0 saturated carbocycles. The third-order valence-electron chi connectivity index (χ3n) is 5.11. The monoisotopic (exact) mass is 461 g/mol. The zero-order valence-corrected chi connectivity index (χ0v) is 18.1. The first-order valence-corrected chi connectivity index (χ1v) is 10.5. The second kappa shape index (κ2) is 10.6. The highest BCUT2D eigenvalue weighted by Crippen LogP contribution is 2.30. The summed E-state index contributed by atoms with van der Waals surface area (Å²) in [6.45, 7) is 0. The first kappa shape index (κ1) is 23.8. The molecule has 3 aromatic rings. The molecule has 0 saturated heterocycles. The van der Waals surface area contributed by atoms with E-state index in [1.54, 1.807) is 19.2 Å².